The second-order valence-corrected chi connectivity index (χ2v) is 3.67. The van der Waals surface area contributed by atoms with Crippen LogP contribution in [0.5, 0.6) is 5.88 Å². The molecule has 0 unspecified atom stereocenters. The molecule has 0 saturated carbocycles. The van der Waals surface area contributed by atoms with E-state index in [1.807, 2.05) is 0 Å². The Kier molecular flexibility index (Phi) is 4.46. The van der Waals surface area contributed by atoms with Gasteiger partial charge >= 0.3 is 12.4 Å². The molecule has 0 aromatic carbocycles. The molecule has 112 valence electrons. The number of rotatable bonds is 4. The number of nitrogens with one attached hydrogen (secondary N) is 1. The molecule has 1 aromatic heterocycles. The zero-order chi connectivity index (χ0) is 15.6. The number of pyridine rings is 1. The summed E-state index contributed by atoms with van der Waals surface area (Å²) < 4.78 is 77.7. The van der Waals surface area contributed by atoms with Crippen LogP contribution in [0.1, 0.15) is 17.7 Å². The zero-order valence-electron chi connectivity index (χ0n) is 9.77. The van der Waals surface area contributed by atoms with E-state index in [2.05, 4.69) is 9.72 Å². The predicted octanol–water partition coefficient (Wildman–Crippen LogP) is 2.72. The van der Waals surface area contributed by atoms with E-state index in [9.17, 15) is 26.3 Å². The Morgan fingerprint density at radius 2 is 1.80 bits per heavy atom. The van der Waals surface area contributed by atoms with E-state index in [0.29, 0.717) is 6.07 Å². The zero-order valence-corrected chi connectivity index (χ0v) is 9.77. The van der Waals surface area contributed by atoms with Crippen LogP contribution in [0.25, 0.3) is 0 Å². The lowest BCUT2D eigenvalue weighted by Crippen LogP contribution is -2.19. The van der Waals surface area contributed by atoms with Gasteiger partial charge in [-0.1, -0.05) is 0 Å². The Balaban J connectivity index is 2.98. The number of ether oxygens (including phenoxy) is 1. The summed E-state index contributed by atoms with van der Waals surface area (Å²) in [7, 11) is 0. The van der Waals surface area contributed by atoms with Crippen molar-refractivity contribution in [3.8, 4) is 5.88 Å². The van der Waals surface area contributed by atoms with E-state index in [1.54, 1.807) is 0 Å². The van der Waals surface area contributed by atoms with Gasteiger partial charge in [-0.05, 0) is 12.1 Å². The monoisotopic (exact) mass is 301 g/mol. The predicted molar refractivity (Wildman–Crippen MR) is 56.4 cm³/mol. The molecule has 0 amide bonds. The van der Waals surface area contributed by atoms with Crippen molar-refractivity contribution >= 4 is 5.84 Å². The first-order valence-corrected chi connectivity index (χ1v) is 5.13. The fourth-order valence-electron chi connectivity index (χ4n) is 1.18. The van der Waals surface area contributed by atoms with Crippen molar-refractivity contribution in [1.82, 2.24) is 4.98 Å². The molecule has 10 heteroatoms. The average Bonchev–Trinajstić information content (AvgIpc) is 2.25. The molecule has 0 bridgehead atoms. The molecular weight excluding hydrogens is 292 g/mol. The van der Waals surface area contributed by atoms with Gasteiger partial charge in [-0.2, -0.15) is 26.3 Å². The fraction of sp³-hybridized carbons (Fsp3) is 0.400. The lowest BCUT2D eigenvalue weighted by molar-refractivity contribution is -0.143. The van der Waals surface area contributed by atoms with Gasteiger partial charge in [0.25, 0.3) is 0 Å². The highest BCUT2D eigenvalue weighted by Gasteiger charge is 2.34. The molecule has 0 spiro atoms. The number of amidine groups is 1. The van der Waals surface area contributed by atoms with Gasteiger partial charge in [0.05, 0.1) is 18.6 Å². The van der Waals surface area contributed by atoms with Crippen molar-refractivity contribution in [3.63, 3.8) is 0 Å². The van der Waals surface area contributed by atoms with Gasteiger partial charge in [0, 0.05) is 0 Å². The fourth-order valence-corrected chi connectivity index (χ4v) is 1.18. The second kappa shape index (κ2) is 5.55. The van der Waals surface area contributed by atoms with Crippen LogP contribution in [0.2, 0.25) is 0 Å². The highest BCUT2D eigenvalue weighted by molar-refractivity contribution is 5.97. The molecule has 1 heterocycles. The summed E-state index contributed by atoms with van der Waals surface area (Å²) in [6.07, 6.45) is -10.7. The number of aromatic nitrogens is 1. The Labute approximate surface area is 109 Å². The first kappa shape index (κ1) is 16.1. The van der Waals surface area contributed by atoms with Gasteiger partial charge in [0.1, 0.15) is 11.5 Å². The first-order chi connectivity index (χ1) is 9.00. The van der Waals surface area contributed by atoms with Crippen LogP contribution in [0.15, 0.2) is 12.1 Å². The minimum atomic E-state index is -4.78. The molecule has 0 radical (unpaired) electrons. The summed E-state index contributed by atoms with van der Waals surface area (Å²) in [4.78, 5) is 3.05. The Morgan fingerprint density at radius 3 is 2.25 bits per heavy atom. The maximum Gasteiger partial charge on any atom is 0.433 e. The van der Waals surface area contributed by atoms with Crippen molar-refractivity contribution in [2.24, 2.45) is 5.73 Å². The third-order valence-electron chi connectivity index (χ3n) is 2.07. The van der Waals surface area contributed by atoms with Gasteiger partial charge in [0.15, 0.2) is 0 Å². The molecular formula is C10H9F6N3O. The number of nitrogens with zero attached hydrogens (tertiary/aromatic N) is 1. The van der Waals surface area contributed by atoms with Gasteiger partial charge in [-0.3, -0.25) is 5.41 Å². The number of hydrogen-bond donors (Lipinski definition) is 2. The van der Waals surface area contributed by atoms with E-state index in [1.165, 1.54) is 0 Å². The van der Waals surface area contributed by atoms with Crippen molar-refractivity contribution in [2.75, 3.05) is 6.61 Å². The van der Waals surface area contributed by atoms with E-state index >= 15 is 0 Å². The molecule has 0 fully saturated rings. The van der Waals surface area contributed by atoms with Crippen LogP contribution in [-0.2, 0) is 6.18 Å². The number of hydrogen-bond acceptors (Lipinski definition) is 3. The van der Waals surface area contributed by atoms with Crippen LogP contribution in [0.4, 0.5) is 26.3 Å². The van der Waals surface area contributed by atoms with Crippen LogP contribution in [0.3, 0.4) is 0 Å². The molecule has 0 aliphatic heterocycles. The summed E-state index contributed by atoms with van der Waals surface area (Å²) in [5, 5.41) is 7.12. The minimum absolute atomic E-state index is 0.305. The summed E-state index contributed by atoms with van der Waals surface area (Å²) in [6.45, 7) is -0.919. The molecule has 20 heavy (non-hydrogen) atoms. The van der Waals surface area contributed by atoms with Crippen LogP contribution >= 0.6 is 0 Å². The maximum absolute atomic E-state index is 12.4. The van der Waals surface area contributed by atoms with Gasteiger partial charge in [0.2, 0.25) is 5.88 Å². The Morgan fingerprint density at radius 1 is 1.20 bits per heavy atom. The van der Waals surface area contributed by atoms with E-state index in [-0.39, 0.29) is 5.56 Å². The molecule has 3 N–H and O–H groups in total. The smallest absolute Gasteiger partial charge is 0.433 e. The molecule has 0 aliphatic carbocycles. The number of halogens is 6. The summed E-state index contributed by atoms with van der Waals surface area (Å²) in [6, 6.07) is 1.38. The summed E-state index contributed by atoms with van der Waals surface area (Å²) in [5.41, 5.74) is 3.44. The second-order valence-electron chi connectivity index (χ2n) is 3.67. The van der Waals surface area contributed by atoms with Gasteiger partial charge in [-0.25, -0.2) is 4.98 Å². The Hall–Kier alpha value is -2.00. The molecule has 1 aromatic rings. The SMILES string of the molecule is N=C(N)c1ccc(C(F)(F)F)nc1OCCC(F)(F)F. The van der Waals surface area contributed by atoms with Crippen LogP contribution in [-0.4, -0.2) is 23.6 Å². The highest BCUT2D eigenvalue weighted by atomic mass is 19.4. The highest BCUT2D eigenvalue weighted by Crippen LogP contribution is 2.30. The van der Waals surface area contributed by atoms with Gasteiger partial charge < -0.3 is 10.5 Å². The van der Waals surface area contributed by atoms with Crippen molar-refractivity contribution < 1.29 is 31.1 Å². The van der Waals surface area contributed by atoms with Crippen molar-refractivity contribution in [2.45, 2.75) is 18.8 Å². The molecule has 0 atom stereocenters. The number of alkyl halides is 6. The molecule has 0 aliphatic rings. The third kappa shape index (κ3) is 4.59. The lowest BCUT2D eigenvalue weighted by Gasteiger charge is -2.13. The average molecular weight is 301 g/mol. The normalized spacial score (nSPS) is 12.3. The summed E-state index contributed by atoms with van der Waals surface area (Å²) >= 11 is 0. The Bertz CT molecular complexity index is 497. The largest absolute Gasteiger partial charge is 0.477 e. The molecule has 4 nitrogen and oxygen atoms in total. The maximum atomic E-state index is 12.4. The minimum Gasteiger partial charge on any atom is -0.477 e. The van der Waals surface area contributed by atoms with E-state index in [0.717, 1.165) is 6.07 Å². The molecule has 0 saturated heterocycles. The summed E-state index contributed by atoms with van der Waals surface area (Å²) in [5.74, 6) is -1.41. The van der Waals surface area contributed by atoms with Crippen molar-refractivity contribution in [3.05, 3.63) is 23.4 Å². The van der Waals surface area contributed by atoms with Gasteiger partial charge in [-0.15, -0.1) is 0 Å². The van der Waals surface area contributed by atoms with E-state index in [4.69, 9.17) is 11.1 Å². The quantitative estimate of drug-likeness (QED) is 0.510. The molecule has 1 rings (SSSR count). The lowest BCUT2D eigenvalue weighted by atomic mass is 10.2. The standard InChI is InChI=1S/C10H9F6N3O/c11-9(12,13)3-4-20-8-5(7(17)18)1-2-6(19-8)10(14,15)16/h1-2H,3-4H2,(H3,17,18). The van der Waals surface area contributed by atoms with E-state index < -0.39 is 42.8 Å². The van der Waals surface area contributed by atoms with Crippen molar-refractivity contribution in [1.29, 1.82) is 5.41 Å². The number of nitrogens with two attached hydrogens (primary N) is 1. The van der Waals surface area contributed by atoms with Crippen LogP contribution < -0.4 is 10.5 Å². The topological polar surface area (TPSA) is 72.0 Å². The third-order valence-corrected chi connectivity index (χ3v) is 2.07. The first-order valence-electron chi connectivity index (χ1n) is 5.13. The van der Waals surface area contributed by atoms with Crippen LogP contribution in [0, 0.1) is 5.41 Å². The number of nitrogen functional groups attached to an aromatic ring is 1.